The number of nitrogens with zero attached hydrogens (tertiary/aromatic N) is 1. The van der Waals surface area contributed by atoms with Gasteiger partial charge in [-0.2, -0.15) is 0 Å². The van der Waals surface area contributed by atoms with Crippen LogP contribution in [0.4, 0.5) is 11.4 Å². The number of para-hydroxylation sites is 1. The van der Waals surface area contributed by atoms with Gasteiger partial charge in [0.05, 0.1) is 16.3 Å². The standard InChI is InChI=1S/C26H23ClN2O2/c1-16(2)18-12-14-20(15-13-18)28-24-23(19-10-8-17(3)9-11-19)25(30)29(26(24)31)22-7-5-4-6-21(22)27/h4-16,28H,1-3H3. The van der Waals surface area contributed by atoms with E-state index in [1.807, 2.05) is 55.5 Å². The third-order valence-corrected chi connectivity index (χ3v) is 5.68. The van der Waals surface area contributed by atoms with E-state index in [0.717, 1.165) is 16.2 Å². The highest BCUT2D eigenvalue weighted by Crippen LogP contribution is 2.36. The fourth-order valence-electron chi connectivity index (χ4n) is 3.58. The molecule has 156 valence electrons. The van der Waals surface area contributed by atoms with Crippen molar-refractivity contribution in [3.8, 4) is 0 Å². The third-order valence-electron chi connectivity index (χ3n) is 5.36. The molecule has 5 heteroatoms. The van der Waals surface area contributed by atoms with E-state index in [-0.39, 0.29) is 5.70 Å². The molecule has 0 spiro atoms. The molecule has 3 aromatic rings. The highest BCUT2D eigenvalue weighted by molar-refractivity contribution is 6.48. The number of hydrogen-bond donors (Lipinski definition) is 1. The average Bonchev–Trinajstić information content (AvgIpc) is 2.99. The maximum absolute atomic E-state index is 13.4. The quantitative estimate of drug-likeness (QED) is 0.492. The van der Waals surface area contributed by atoms with Crippen LogP contribution in [0, 0.1) is 6.92 Å². The minimum atomic E-state index is -0.429. The fraction of sp³-hybridized carbons (Fsp3) is 0.154. The van der Waals surface area contributed by atoms with Crippen molar-refractivity contribution >= 4 is 40.4 Å². The third kappa shape index (κ3) is 3.99. The molecule has 1 aliphatic rings. The van der Waals surface area contributed by atoms with Crippen molar-refractivity contribution in [1.82, 2.24) is 0 Å². The van der Waals surface area contributed by atoms with Crippen molar-refractivity contribution in [2.24, 2.45) is 0 Å². The predicted octanol–water partition coefficient (Wildman–Crippen LogP) is 6.17. The number of amides is 2. The predicted molar refractivity (Wildman–Crippen MR) is 126 cm³/mol. The summed E-state index contributed by atoms with van der Waals surface area (Å²) < 4.78 is 0. The van der Waals surface area contributed by atoms with E-state index in [0.29, 0.717) is 27.8 Å². The van der Waals surface area contributed by atoms with Crippen LogP contribution in [0.2, 0.25) is 5.02 Å². The van der Waals surface area contributed by atoms with Crippen molar-refractivity contribution < 1.29 is 9.59 Å². The van der Waals surface area contributed by atoms with Crippen LogP contribution in [0.1, 0.15) is 36.5 Å². The monoisotopic (exact) mass is 430 g/mol. The molecule has 1 aliphatic heterocycles. The van der Waals surface area contributed by atoms with Gasteiger partial charge >= 0.3 is 0 Å². The lowest BCUT2D eigenvalue weighted by atomic mass is 10.0. The van der Waals surface area contributed by atoms with Gasteiger partial charge in [-0.15, -0.1) is 0 Å². The molecule has 4 nitrogen and oxygen atoms in total. The highest BCUT2D eigenvalue weighted by atomic mass is 35.5. The van der Waals surface area contributed by atoms with Crippen molar-refractivity contribution in [3.63, 3.8) is 0 Å². The molecule has 2 amide bonds. The zero-order chi connectivity index (χ0) is 22.1. The van der Waals surface area contributed by atoms with Crippen molar-refractivity contribution in [2.75, 3.05) is 10.2 Å². The van der Waals surface area contributed by atoms with E-state index in [2.05, 4.69) is 19.2 Å². The molecule has 0 saturated heterocycles. The summed E-state index contributed by atoms with van der Waals surface area (Å²) in [6, 6.07) is 22.3. The molecular formula is C26H23ClN2O2. The second-order valence-electron chi connectivity index (χ2n) is 7.91. The molecule has 1 heterocycles. The molecule has 0 aromatic heterocycles. The maximum atomic E-state index is 13.4. The van der Waals surface area contributed by atoms with Crippen LogP contribution in [0.25, 0.3) is 5.57 Å². The second kappa shape index (κ2) is 8.40. The van der Waals surface area contributed by atoms with E-state index in [9.17, 15) is 9.59 Å². The molecule has 31 heavy (non-hydrogen) atoms. The molecule has 4 rings (SSSR count). The first-order valence-corrected chi connectivity index (χ1v) is 10.6. The molecule has 0 fully saturated rings. The molecule has 0 aliphatic carbocycles. The van der Waals surface area contributed by atoms with Crippen LogP contribution in [-0.4, -0.2) is 11.8 Å². The summed E-state index contributed by atoms with van der Waals surface area (Å²) in [5, 5.41) is 3.54. The second-order valence-corrected chi connectivity index (χ2v) is 8.32. The first-order valence-electron chi connectivity index (χ1n) is 10.2. The van der Waals surface area contributed by atoms with E-state index in [1.165, 1.54) is 5.56 Å². The molecule has 0 saturated carbocycles. The topological polar surface area (TPSA) is 49.4 Å². The summed E-state index contributed by atoms with van der Waals surface area (Å²) in [6.07, 6.45) is 0. The van der Waals surface area contributed by atoms with Gasteiger partial charge in [0.1, 0.15) is 5.70 Å². The van der Waals surface area contributed by atoms with Gasteiger partial charge in [0.2, 0.25) is 0 Å². The number of halogens is 1. The lowest BCUT2D eigenvalue weighted by Crippen LogP contribution is -2.32. The van der Waals surface area contributed by atoms with Crippen LogP contribution in [-0.2, 0) is 9.59 Å². The number of rotatable bonds is 5. The molecule has 0 unspecified atom stereocenters. The minimum absolute atomic E-state index is 0.242. The summed E-state index contributed by atoms with van der Waals surface area (Å²) in [4.78, 5) is 28.0. The number of nitrogens with one attached hydrogen (secondary N) is 1. The normalized spacial score (nSPS) is 14.0. The Kier molecular flexibility index (Phi) is 5.66. The van der Waals surface area contributed by atoms with Gasteiger partial charge in [0.15, 0.2) is 0 Å². The molecule has 0 radical (unpaired) electrons. The number of benzene rings is 3. The Hall–Kier alpha value is -3.37. The van der Waals surface area contributed by atoms with E-state index < -0.39 is 11.8 Å². The Morgan fingerprint density at radius 2 is 1.48 bits per heavy atom. The summed E-state index contributed by atoms with van der Waals surface area (Å²) in [6.45, 7) is 6.23. The zero-order valence-electron chi connectivity index (χ0n) is 17.6. The Balaban J connectivity index is 1.79. The van der Waals surface area contributed by atoms with Crippen LogP contribution < -0.4 is 10.2 Å². The lowest BCUT2D eigenvalue weighted by molar-refractivity contribution is -0.120. The number of aryl methyl sites for hydroxylation is 1. The van der Waals surface area contributed by atoms with Gasteiger partial charge in [-0.05, 0) is 48.2 Å². The van der Waals surface area contributed by atoms with Gasteiger partial charge in [-0.3, -0.25) is 9.59 Å². The Morgan fingerprint density at radius 3 is 2.10 bits per heavy atom. The fourth-order valence-corrected chi connectivity index (χ4v) is 3.80. The van der Waals surface area contributed by atoms with Gasteiger partial charge in [-0.25, -0.2) is 4.90 Å². The van der Waals surface area contributed by atoms with Crippen LogP contribution >= 0.6 is 11.6 Å². The Labute approximate surface area is 187 Å². The summed E-state index contributed by atoms with van der Waals surface area (Å²) in [7, 11) is 0. The lowest BCUT2D eigenvalue weighted by Gasteiger charge is -2.16. The highest BCUT2D eigenvalue weighted by Gasteiger charge is 2.41. The van der Waals surface area contributed by atoms with Gasteiger partial charge in [-0.1, -0.05) is 79.5 Å². The number of carbonyl (C=O) groups is 2. The Morgan fingerprint density at radius 1 is 0.839 bits per heavy atom. The summed E-state index contributed by atoms with van der Waals surface area (Å²) >= 11 is 6.32. The van der Waals surface area contributed by atoms with E-state index in [1.54, 1.807) is 24.3 Å². The van der Waals surface area contributed by atoms with Crippen molar-refractivity contribution in [2.45, 2.75) is 26.7 Å². The number of carbonyl (C=O) groups excluding carboxylic acids is 2. The first kappa shape index (κ1) is 20.9. The smallest absolute Gasteiger partial charge is 0.282 e. The Bertz CT molecular complexity index is 1180. The number of imide groups is 1. The summed E-state index contributed by atoms with van der Waals surface area (Å²) in [5.41, 5.74) is 4.64. The summed E-state index contributed by atoms with van der Waals surface area (Å²) in [5.74, 6) is -0.424. The number of anilines is 2. The van der Waals surface area contributed by atoms with Gasteiger partial charge < -0.3 is 5.32 Å². The van der Waals surface area contributed by atoms with Crippen molar-refractivity contribution in [3.05, 3.63) is 100 Å². The molecule has 1 N–H and O–H groups in total. The largest absolute Gasteiger partial charge is 0.350 e. The number of hydrogen-bond acceptors (Lipinski definition) is 3. The molecule has 0 atom stereocenters. The first-order chi connectivity index (χ1) is 14.9. The maximum Gasteiger partial charge on any atom is 0.282 e. The van der Waals surface area contributed by atoms with E-state index in [4.69, 9.17) is 11.6 Å². The SMILES string of the molecule is Cc1ccc(C2=C(Nc3ccc(C(C)C)cc3)C(=O)N(c3ccccc3Cl)C2=O)cc1. The van der Waals surface area contributed by atoms with E-state index >= 15 is 0 Å². The molecule has 0 bridgehead atoms. The molecule has 3 aromatic carbocycles. The van der Waals surface area contributed by atoms with Gasteiger partial charge in [0, 0.05) is 5.69 Å². The van der Waals surface area contributed by atoms with Crippen molar-refractivity contribution in [1.29, 1.82) is 0 Å². The minimum Gasteiger partial charge on any atom is -0.350 e. The van der Waals surface area contributed by atoms with Gasteiger partial charge in [0.25, 0.3) is 11.8 Å². The average molecular weight is 431 g/mol. The zero-order valence-corrected chi connectivity index (χ0v) is 18.4. The molecular weight excluding hydrogens is 408 g/mol. The van der Waals surface area contributed by atoms with Crippen LogP contribution in [0.3, 0.4) is 0 Å². The van der Waals surface area contributed by atoms with Crippen LogP contribution in [0.5, 0.6) is 0 Å². The van der Waals surface area contributed by atoms with Crippen LogP contribution in [0.15, 0.2) is 78.5 Å².